The normalized spacial score (nSPS) is 15.0. The van der Waals surface area contributed by atoms with Gasteiger partial charge in [-0.15, -0.1) is 0 Å². The van der Waals surface area contributed by atoms with Crippen LogP contribution in [0.5, 0.6) is 0 Å². The highest BCUT2D eigenvalue weighted by Crippen LogP contribution is 2.15. The molecule has 0 fully saturated rings. The van der Waals surface area contributed by atoms with Crippen LogP contribution in [0.4, 0.5) is 0 Å². The van der Waals surface area contributed by atoms with Crippen LogP contribution < -0.4 is 5.73 Å². The van der Waals surface area contributed by atoms with Gasteiger partial charge in [0, 0.05) is 5.54 Å². The topological polar surface area (TPSA) is 26.0 Å². The second-order valence-corrected chi connectivity index (χ2v) is 4.39. The molecule has 0 bridgehead atoms. The van der Waals surface area contributed by atoms with E-state index < -0.39 is 0 Å². The third kappa shape index (κ3) is 7.86. The molecule has 0 unspecified atom stereocenters. The molecule has 2 N–H and O–H groups in total. The van der Waals surface area contributed by atoms with Crippen molar-refractivity contribution in [1.29, 1.82) is 0 Å². The summed E-state index contributed by atoms with van der Waals surface area (Å²) in [5.41, 5.74) is 5.90. The van der Waals surface area contributed by atoms with E-state index in [0.717, 1.165) is 12.3 Å². The van der Waals surface area contributed by atoms with Crippen molar-refractivity contribution in [2.24, 2.45) is 11.7 Å². The van der Waals surface area contributed by atoms with Crippen LogP contribution in [-0.2, 0) is 0 Å². The van der Waals surface area contributed by atoms with Crippen molar-refractivity contribution in [2.45, 2.75) is 58.9 Å². The number of hydrogen-bond donors (Lipinski definition) is 1. The monoisotopic (exact) mass is 157 g/mol. The van der Waals surface area contributed by atoms with Crippen LogP contribution in [0.15, 0.2) is 0 Å². The second-order valence-electron chi connectivity index (χ2n) is 4.39. The van der Waals surface area contributed by atoms with Gasteiger partial charge < -0.3 is 5.73 Å². The van der Waals surface area contributed by atoms with Gasteiger partial charge in [0.1, 0.15) is 0 Å². The lowest BCUT2D eigenvalue weighted by Gasteiger charge is -2.18. The minimum atomic E-state index is 0.0352. The molecule has 0 saturated carbocycles. The van der Waals surface area contributed by atoms with E-state index in [9.17, 15) is 0 Å². The lowest BCUT2D eigenvalue weighted by Crippen LogP contribution is -2.31. The van der Waals surface area contributed by atoms with E-state index in [4.69, 9.17) is 5.73 Å². The zero-order chi connectivity index (χ0) is 8.91. The molecule has 0 amide bonds. The van der Waals surface area contributed by atoms with Gasteiger partial charge in [-0.3, -0.25) is 0 Å². The largest absolute Gasteiger partial charge is 0.326 e. The van der Waals surface area contributed by atoms with Crippen LogP contribution in [0.2, 0.25) is 0 Å². The average molecular weight is 157 g/mol. The van der Waals surface area contributed by atoms with E-state index in [1.807, 2.05) is 0 Å². The van der Waals surface area contributed by atoms with Crippen molar-refractivity contribution in [2.75, 3.05) is 0 Å². The highest BCUT2D eigenvalue weighted by atomic mass is 14.7. The Kier molecular flexibility index (Phi) is 4.74. The Labute approximate surface area is 71.4 Å². The van der Waals surface area contributed by atoms with E-state index in [1.54, 1.807) is 0 Å². The zero-order valence-corrected chi connectivity index (χ0v) is 8.48. The summed E-state index contributed by atoms with van der Waals surface area (Å²) >= 11 is 0. The van der Waals surface area contributed by atoms with Gasteiger partial charge in [0.05, 0.1) is 0 Å². The van der Waals surface area contributed by atoms with Crippen molar-refractivity contribution >= 4 is 0 Å². The summed E-state index contributed by atoms with van der Waals surface area (Å²) in [4.78, 5) is 0. The molecule has 68 valence electrons. The van der Waals surface area contributed by atoms with Crippen molar-refractivity contribution in [3.63, 3.8) is 0 Å². The number of nitrogens with two attached hydrogens (primary N) is 1. The fourth-order valence-corrected chi connectivity index (χ4v) is 1.11. The van der Waals surface area contributed by atoms with E-state index in [2.05, 4.69) is 27.7 Å². The third-order valence-electron chi connectivity index (χ3n) is 2.21. The highest BCUT2D eigenvalue weighted by molar-refractivity contribution is 4.71. The van der Waals surface area contributed by atoms with E-state index in [-0.39, 0.29) is 5.54 Å². The fourth-order valence-electron chi connectivity index (χ4n) is 1.11. The Hall–Kier alpha value is -0.0400. The van der Waals surface area contributed by atoms with E-state index in [0.29, 0.717) is 0 Å². The molecule has 0 aliphatic carbocycles. The van der Waals surface area contributed by atoms with Crippen LogP contribution in [0.3, 0.4) is 0 Å². The highest BCUT2D eigenvalue weighted by Gasteiger charge is 2.10. The number of hydrogen-bond acceptors (Lipinski definition) is 1. The lowest BCUT2D eigenvalue weighted by atomic mass is 9.94. The summed E-state index contributed by atoms with van der Waals surface area (Å²) in [5, 5.41) is 0. The second kappa shape index (κ2) is 4.76. The van der Waals surface area contributed by atoms with Gasteiger partial charge in [-0.2, -0.15) is 0 Å². The summed E-state index contributed by atoms with van der Waals surface area (Å²) < 4.78 is 0. The standard InChI is InChI=1S/C10H23N/c1-5-9(2)7-6-8-10(3,4)11/h9H,5-8,11H2,1-4H3/t9-/m0/s1. The van der Waals surface area contributed by atoms with Crippen molar-refractivity contribution in [1.82, 2.24) is 0 Å². The summed E-state index contributed by atoms with van der Waals surface area (Å²) in [6, 6.07) is 0. The van der Waals surface area contributed by atoms with E-state index >= 15 is 0 Å². The SMILES string of the molecule is CC[C@H](C)CCCC(C)(C)N. The summed E-state index contributed by atoms with van der Waals surface area (Å²) in [7, 11) is 0. The quantitative estimate of drug-likeness (QED) is 0.652. The predicted octanol–water partition coefficient (Wildman–Crippen LogP) is 2.94. The first-order valence-corrected chi connectivity index (χ1v) is 4.74. The molecule has 0 aliphatic heterocycles. The lowest BCUT2D eigenvalue weighted by molar-refractivity contribution is 0.408. The molecule has 0 radical (unpaired) electrons. The fraction of sp³-hybridized carbons (Fsp3) is 1.00. The van der Waals surface area contributed by atoms with Gasteiger partial charge in [-0.25, -0.2) is 0 Å². The molecule has 1 atom stereocenters. The first kappa shape index (κ1) is 11.0. The summed E-state index contributed by atoms with van der Waals surface area (Å²) in [6.45, 7) is 8.76. The molecule has 0 saturated heterocycles. The van der Waals surface area contributed by atoms with Crippen molar-refractivity contribution in [3.05, 3.63) is 0 Å². The van der Waals surface area contributed by atoms with Gasteiger partial charge in [0.2, 0.25) is 0 Å². The van der Waals surface area contributed by atoms with Crippen LogP contribution in [0, 0.1) is 5.92 Å². The molecule has 11 heavy (non-hydrogen) atoms. The Balaban J connectivity index is 3.28. The number of rotatable bonds is 5. The van der Waals surface area contributed by atoms with Crippen LogP contribution in [0.25, 0.3) is 0 Å². The summed E-state index contributed by atoms with van der Waals surface area (Å²) in [6.07, 6.45) is 5.05. The Morgan fingerprint density at radius 1 is 1.36 bits per heavy atom. The molecule has 0 aliphatic rings. The minimum absolute atomic E-state index is 0.0352. The van der Waals surface area contributed by atoms with Crippen LogP contribution >= 0.6 is 0 Å². The van der Waals surface area contributed by atoms with Gasteiger partial charge >= 0.3 is 0 Å². The smallest absolute Gasteiger partial charge is 0.00970 e. The Morgan fingerprint density at radius 2 is 1.91 bits per heavy atom. The van der Waals surface area contributed by atoms with E-state index in [1.165, 1.54) is 19.3 Å². The molecule has 0 aromatic rings. The molecule has 1 heteroatoms. The van der Waals surface area contributed by atoms with Crippen molar-refractivity contribution < 1.29 is 0 Å². The Morgan fingerprint density at radius 3 is 2.27 bits per heavy atom. The molecule has 1 nitrogen and oxygen atoms in total. The van der Waals surface area contributed by atoms with Crippen molar-refractivity contribution in [3.8, 4) is 0 Å². The van der Waals surface area contributed by atoms with Crippen LogP contribution in [-0.4, -0.2) is 5.54 Å². The molecule has 0 spiro atoms. The Bertz CT molecular complexity index is 91.5. The average Bonchev–Trinajstić information content (AvgIpc) is 1.85. The van der Waals surface area contributed by atoms with Crippen LogP contribution in [0.1, 0.15) is 53.4 Å². The molecular formula is C10H23N. The first-order valence-electron chi connectivity index (χ1n) is 4.74. The molecule has 0 heterocycles. The van der Waals surface area contributed by atoms with Gasteiger partial charge in [-0.05, 0) is 26.2 Å². The maximum absolute atomic E-state index is 5.86. The first-order chi connectivity index (χ1) is 4.95. The van der Waals surface area contributed by atoms with Gasteiger partial charge in [0.25, 0.3) is 0 Å². The predicted molar refractivity (Wildman–Crippen MR) is 51.6 cm³/mol. The summed E-state index contributed by atoms with van der Waals surface area (Å²) in [5.74, 6) is 0.873. The molecule has 0 aromatic heterocycles. The molecule has 0 aromatic carbocycles. The maximum atomic E-state index is 5.86. The van der Waals surface area contributed by atoms with Gasteiger partial charge in [-0.1, -0.05) is 33.1 Å². The maximum Gasteiger partial charge on any atom is 0.00970 e. The molecule has 0 rings (SSSR count). The van der Waals surface area contributed by atoms with Gasteiger partial charge in [0.15, 0.2) is 0 Å². The zero-order valence-electron chi connectivity index (χ0n) is 8.48. The third-order valence-corrected chi connectivity index (χ3v) is 2.21. The minimum Gasteiger partial charge on any atom is -0.326 e. The molecular weight excluding hydrogens is 134 g/mol.